The molecule has 0 bridgehead atoms. The summed E-state index contributed by atoms with van der Waals surface area (Å²) in [5.41, 5.74) is 7.00. The molecule has 0 radical (unpaired) electrons. The van der Waals surface area contributed by atoms with Crippen LogP contribution in [-0.2, 0) is 6.54 Å². The second-order valence-corrected chi connectivity index (χ2v) is 6.00. The summed E-state index contributed by atoms with van der Waals surface area (Å²) >= 11 is 0. The minimum absolute atomic E-state index is 0.490. The first-order chi connectivity index (χ1) is 9.13. The summed E-state index contributed by atoms with van der Waals surface area (Å²) in [5, 5.41) is 4.70. The van der Waals surface area contributed by atoms with Crippen molar-refractivity contribution in [3.8, 4) is 0 Å². The minimum Gasteiger partial charge on any atom is -0.330 e. The van der Waals surface area contributed by atoms with Gasteiger partial charge in [-0.1, -0.05) is 6.92 Å². The molecule has 4 nitrogen and oxygen atoms in total. The number of piperidine rings is 1. The summed E-state index contributed by atoms with van der Waals surface area (Å²) in [6.45, 7) is 9.62. The monoisotopic (exact) mass is 264 g/mol. The van der Waals surface area contributed by atoms with E-state index in [2.05, 4.69) is 42.6 Å². The molecule has 4 heteroatoms. The molecule has 3 atom stereocenters. The normalized spacial score (nSPS) is 26.5. The lowest BCUT2D eigenvalue weighted by molar-refractivity contribution is 0.111. The molecule has 1 saturated heterocycles. The predicted molar refractivity (Wildman–Crippen MR) is 78.9 cm³/mol. The average Bonchev–Trinajstić information content (AvgIpc) is 2.89. The molecule has 1 aliphatic rings. The Hall–Kier alpha value is -0.870. The number of nitrogens with two attached hydrogens (primary N) is 1. The van der Waals surface area contributed by atoms with E-state index in [0.717, 1.165) is 26.1 Å². The van der Waals surface area contributed by atoms with Gasteiger partial charge in [0.25, 0.3) is 0 Å². The van der Waals surface area contributed by atoms with Crippen LogP contribution in [0.5, 0.6) is 0 Å². The summed E-state index contributed by atoms with van der Waals surface area (Å²) in [6, 6.07) is 3.30. The lowest BCUT2D eigenvalue weighted by atomic mass is 9.93. The molecule has 3 unspecified atom stereocenters. The van der Waals surface area contributed by atoms with Crippen molar-refractivity contribution < 1.29 is 0 Å². The largest absolute Gasteiger partial charge is 0.330 e. The van der Waals surface area contributed by atoms with Gasteiger partial charge in [0.15, 0.2) is 0 Å². The Balaban J connectivity index is 1.97. The Bertz CT molecular complexity index is 387. The van der Waals surface area contributed by atoms with E-state index in [0.29, 0.717) is 18.0 Å². The highest BCUT2D eigenvalue weighted by Crippen LogP contribution is 2.22. The van der Waals surface area contributed by atoms with Crippen LogP contribution in [-0.4, -0.2) is 33.8 Å². The third kappa shape index (κ3) is 3.57. The standard InChI is InChI=1S/C15H28N4/c1-4-12(2)19-8-7-15(17-19)11-18-10-14(9-16)6-5-13(18)3/h7-8,12-14H,4-6,9-11,16H2,1-3H3. The number of nitrogens with zero attached hydrogens (tertiary/aromatic N) is 3. The van der Waals surface area contributed by atoms with E-state index in [-0.39, 0.29) is 0 Å². The quantitative estimate of drug-likeness (QED) is 0.888. The second-order valence-electron chi connectivity index (χ2n) is 6.00. The van der Waals surface area contributed by atoms with Crippen LogP contribution in [0.15, 0.2) is 12.3 Å². The van der Waals surface area contributed by atoms with E-state index in [1.165, 1.54) is 18.5 Å². The van der Waals surface area contributed by atoms with Gasteiger partial charge in [0.1, 0.15) is 0 Å². The van der Waals surface area contributed by atoms with Crippen LogP contribution >= 0.6 is 0 Å². The molecule has 0 amide bonds. The Kier molecular flexibility index (Phi) is 4.99. The first-order valence-corrected chi connectivity index (χ1v) is 7.62. The zero-order valence-electron chi connectivity index (χ0n) is 12.5. The number of rotatable bonds is 5. The number of hydrogen-bond donors (Lipinski definition) is 1. The summed E-state index contributed by atoms with van der Waals surface area (Å²) < 4.78 is 2.09. The van der Waals surface area contributed by atoms with Crippen molar-refractivity contribution in [3.63, 3.8) is 0 Å². The molecule has 1 aromatic rings. The molecule has 1 fully saturated rings. The molecule has 0 saturated carbocycles. The zero-order valence-corrected chi connectivity index (χ0v) is 12.5. The molecule has 2 rings (SSSR count). The third-order valence-corrected chi connectivity index (χ3v) is 4.51. The lowest BCUT2D eigenvalue weighted by Gasteiger charge is -2.37. The number of likely N-dealkylation sites (tertiary alicyclic amines) is 1. The Morgan fingerprint density at radius 1 is 1.47 bits per heavy atom. The number of aromatic nitrogens is 2. The van der Waals surface area contributed by atoms with Gasteiger partial charge in [-0.05, 0) is 51.6 Å². The average molecular weight is 264 g/mol. The van der Waals surface area contributed by atoms with Crippen molar-refractivity contribution >= 4 is 0 Å². The highest BCUT2D eigenvalue weighted by atomic mass is 15.3. The van der Waals surface area contributed by atoms with Crippen molar-refractivity contribution in [3.05, 3.63) is 18.0 Å². The number of hydrogen-bond acceptors (Lipinski definition) is 3. The molecule has 1 aromatic heterocycles. The van der Waals surface area contributed by atoms with E-state index in [4.69, 9.17) is 10.8 Å². The van der Waals surface area contributed by atoms with E-state index in [9.17, 15) is 0 Å². The Morgan fingerprint density at radius 2 is 2.26 bits per heavy atom. The molecule has 108 valence electrons. The van der Waals surface area contributed by atoms with Crippen LogP contribution in [0.25, 0.3) is 0 Å². The summed E-state index contributed by atoms with van der Waals surface area (Å²) in [4.78, 5) is 2.53. The topological polar surface area (TPSA) is 47.1 Å². The fourth-order valence-corrected chi connectivity index (χ4v) is 2.78. The van der Waals surface area contributed by atoms with E-state index < -0.39 is 0 Å². The SMILES string of the molecule is CCC(C)n1ccc(CN2CC(CN)CCC2C)n1. The maximum atomic E-state index is 5.82. The van der Waals surface area contributed by atoms with Gasteiger partial charge in [0.2, 0.25) is 0 Å². The summed E-state index contributed by atoms with van der Waals surface area (Å²) in [5.74, 6) is 0.660. The van der Waals surface area contributed by atoms with Gasteiger partial charge in [0, 0.05) is 31.4 Å². The first kappa shape index (κ1) is 14.5. The molecule has 0 aromatic carbocycles. The van der Waals surface area contributed by atoms with Gasteiger partial charge in [-0.15, -0.1) is 0 Å². The highest BCUT2D eigenvalue weighted by molar-refractivity contribution is 5.00. The van der Waals surface area contributed by atoms with Crippen LogP contribution in [0.4, 0.5) is 0 Å². The van der Waals surface area contributed by atoms with Crippen molar-refractivity contribution in [1.29, 1.82) is 0 Å². The van der Waals surface area contributed by atoms with Gasteiger partial charge >= 0.3 is 0 Å². The third-order valence-electron chi connectivity index (χ3n) is 4.51. The van der Waals surface area contributed by atoms with Crippen molar-refractivity contribution in [2.45, 2.75) is 58.7 Å². The fraction of sp³-hybridized carbons (Fsp3) is 0.800. The van der Waals surface area contributed by atoms with Crippen molar-refractivity contribution in [1.82, 2.24) is 14.7 Å². The van der Waals surface area contributed by atoms with Crippen LogP contribution < -0.4 is 5.73 Å². The summed E-state index contributed by atoms with van der Waals surface area (Å²) in [7, 11) is 0. The van der Waals surface area contributed by atoms with Crippen LogP contribution in [0, 0.1) is 5.92 Å². The molecule has 19 heavy (non-hydrogen) atoms. The predicted octanol–water partition coefficient (Wildman–Crippen LogP) is 2.41. The van der Waals surface area contributed by atoms with Gasteiger partial charge in [0.05, 0.1) is 5.69 Å². The molecular formula is C15H28N4. The Morgan fingerprint density at radius 3 is 2.95 bits per heavy atom. The van der Waals surface area contributed by atoms with E-state index in [1.807, 2.05) is 0 Å². The second kappa shape index (κ2) is 6.53. The first-order valence-electron chi connectivity index (χ1n) is 7.62. The van der Waals surface area contributed by atoms with Crippen LogP contribution in [0.3, 0.4) is 0 Å². The van der Waals surface area contributed by atoms with Gasteiger partial charge in [-0.25, -0.2) is 0 Å². The molecule has 2 heterocycles. The highest BCUT2D eigenvalue weighted by Gasteiger charge is 2.25. The molecule has 0 aliphatic carbocycles. The lowest BCUT2D eigenvalue weighted by Crippen LogP contribution is -2.43. The summed E-state index contributed by atoms with van der Waals surface area (Å²) in [6.07, 6.45) is 5.76. The van der Waals surface area contributed by atoms with Crippen LogP contribution in [0.1, 0.15) is 51.8 Å². The smallest absolute Gasteiger partial charge is 0.0764 e. The zero-order chi connectivity index (χ0) is 13.8. The maximum absolute atomic E-state index is 5.82. The Labute approximate surface area is 117 Å². The van der Waals surface area contributed by atoms with Crippen LogP contribution in [0.2, 0.25) is 0 Å². The maximum Gasteiger partial charge on any atom is 0.0764 e. The van der Waals surface area contributed by atoms with Gasteiger partial charge in [-0.3, -0.25) is 9.58 Å². The minimum atomic E-state index is 0.490. The molecule has 1 aliphatic heterocycles. The van der Waals surface area contributed by atoms with Crippen molar-refractivity contribution in [2.75, 3.05) is 13.1 Å². The van der Waals surface area contributed by atoms with E-state index in [1.54, 1.807) is 0 Å². The fourth-order valence-electron chi connectivity index (χ4n) is 2.78. The molecule has 2 N–H and O–H groups in total. The molecule has 0 spiro atoms. The van der Waals surface area contributed by atoms with E-state index >= 15 is 0 Å². The van der Waals surface area contributed by atoms with Gasteiger partial charge in [-0.2, -0.15) is 5.10 Å². The van der Waals surface area contributed by atoms with Gasteiger partial charge < -0.3 is 5.73 Å². The van der Waals surface area contributed by atoms with Crippen molar-refractivity contribution in [2.24, 2.45) is 11.7 Å². The molecular weight excluding hydrogens is 236 g/mol.